The highest BCUT2D eigenvalue weighted by Gasteiger charge is 2.33. The number of rotatable bonds is 5. The smallest absolute Gasteiger partial charge is 0.299 e. The Labute approximate surface area is 212 Å². The van der Waals surface area contributed by atoms with Gasteiger partial charge >= 0.3 is 0 Å². The van der Waals surface area contributed by atoms with Crippen molar-refractivity contribution in [3.63, 3.8) is 0 Å². The van der Waals surface area contributed by atoms with Gasteiger partial charge in [-0.05, 0) is 18.2 Å². The van der Waals surface area contributed by atoms with Crippen molar-refractivity contribution in [1.82, 2.24) is 34.7 Å². The van der Waals surface area contributed by atoms with Crippen LogP contribution < -0.4 is 4.90 Å². The van der Waals surface area contributed by atoms with Gasteiger partial charge in [-0.25, -0.2) is 9.97 Å². The SMILES string of the molecule is C=C1CN(C(=O)c2ccccn2)CCN1C(=O)C(=O)c1c[nH]c2c(-c3cnc(N(C)C)cn3)nccc12. The van der Waals surface area contributed by atoms with Gasteiger partial charge in [-0.1, -0.05) is 12.6 Å². The second-order valence-corrected chi connectivity index (χ2v) is 8.73. The number of ketones is 1. The molecule has 186 valence electrons. The van der Waals surface area contributed by atoms with Gasteiger partial charge in [-0.3, -0.25) is 24.4 Å². The maximum absolute atomic E-state index is 13.3. The summed E-state index contributed by atoms with van der Waals surface area (Å²) >= 11 is 0. The van der Waals surface area contributed by atoms with Gasteiger partial charge in [-0.2, -0.15) is 0 Å². The summed E-state index contributed by atoms with van der Waals surface area (Å²) in [5.74, 6) is -0.933. The molecule has 1 saturated heterocycles. The fraction of sp³-hybridized carbons (Fsp3) is 0.192. The van der Waals surface area contributed by atoms with E-state index in [0.29, 0.717) is 39.5 Å². The van der Waals surface area contributed by atoms with Crippen molar-refractivity contribution in [3.05, 3.63) is 78.8 Å². The van der Waals surface area contributed by atoms with E-state index in [0.717, 1.165) is 0 Å². The van der Waals surface area contributed by atoms with Crippen molar-refractivity contribution in [2.45, 2.75) is 0 Å². The highest BCUT2D eigenvalue weighted by molar-refractivity contribution is 6.45. The predicted octanol–water partition coefficient (Wildman–Crippen LogP) is 2.16. The normalized spacial score (nSPS) is 13.6. The molecule has 5 heterocycles. The van der Waals surface area contributed by atoms with E-state index in [2.05, 4.69) is 31.5 Å². The first-order valence-corrected chi connectivity index (χ1v) is 11.5. The van der Waals surface area contributed by atoms with E-state index >= 15 is 0 Å². The summed E-state index contributed by atoms with van der Waals surface area (Å²) in [7, 11) is 3.74. The lowest BCUT2D eigenvalue weighted by atomic mass is 10.1. The van der Waals surface area contributed by atoms with Gasteiger partial charge < -0.3 is 19.7 Å². The molecule has 5 rings (SSSR count). The average molecular weight is 497 g/mol. The van der Waals surface area contributed by atoms with E-state index in [4.69, 9.17) is 0 Å². The van der Waals surface area contributed by atoms with E-state index in [1.807, 2.05) is 19.0 Å². The van der Waals surface area contributed by atoms with Crippen LogP contribution in [0.5, 0.6) is 0 Å². The van der Waals surface area contributed by atoms with Gasteiger partial charge in [-0.15, -0.1) is 0 Å². The average Bonchev–Trinajstić information content (AvgIpc) is 3.36. The predicted molar refractivity (Wildman–Crippen MR) is 137 cm³/mol. The van der Waals surface area contributed by atoms with Crippen LogP contribution >= 0.6 is 0 Å². The van der Waals surface area contributed by atoms with Crippen molar-refractivity contribution >= 4 is 34.3 Å². The lowest BCUT2D eigenvalue weighted by Gasteiger charge is -2.35. The summed E-state index contributed by atoms with van der Waals surface area (Å²) in [6, 6.07) is 6.78. The number of fused-ring (bicyclic) bond motifs is 1. The molecule has 0 atom stereocenters. The molecule has 1 aliphatic rings. The van der Waals surface area contributed by atoms with Gasteiger partial charge in [0.15, 0.2) is 0 Å². The van der Waals surface area contributed by atoms with Crippen molar-refractivity contribution in [1.29, 1.82) is 0 Å². The van der Waals surface area contributed by atoms with Gasteiger partial charge in [0.1, 0.15) is 22.9 Å². The number of piperazine rings is 1. The largest absolute Gasteiger partial charge is 0.361 e. The molecule has 4 aromatic heterocycles. The third kappa shape index (κ3) is 4.42. The maximum atomic E-state index is 13.3. The fourth-order valence-electron chi connectivity index (χ4n) is 4.18. The van der Waals surface area contributed by atoms with Crippen molar-refractivity contribution < 1.29 is 14.4 Å². The number of amides is 2. The van der Waals surface area contributed by atoms with Crippen LogP contribution in [0.2, 0.25) is 0 Å². The number of carbonyl (C=O) groups is 3. The highest BCUT2D eigenvalue weighted by atomic mass is 16.2. The zero-order chi connectivity index (χ0) is 26.1. The van der Waals surface area contributed by atoms with Crippen molar-refractivity contribution in [2.75, 3.05) is 38.6 Å². The lowest BCUT2D eigenvalue weighted by Crippen LogP contribution is -2.50. The number of hydrogen-bond acceptors (Lipinski definition) is 8. The monoisotopic (exact) mass is 496 g/mol. The number of H-pyrrole nitrogens is 1. The molecule has 0 spiro atoms. The van der Waals surface area contributed by atoms with Crippen LogP contribution in [-0.4, -0.2) is 86.0 Å². The number of pyridine rings is 2. The molecule has 11 heteroatoms. The summed E-state index contributed by atoms with van der Waals surface area (Å²) in [6.45, 7) is 4.49. The highest BCUT2D eigenvalue weighted by Crippen LogP contribution is 2.28. The molecule has 11 nitrogen and oxygen atoms in total. The van der Waals surface area contributed by atoms with E-state index in [1.165, 1.54) is 11.1 Å². The quantitative estimate of drug-likeness (QED) is 0.329. The number of nitrogens with one attached hydrogen (secondary N) is 1. The molecule has 1 fully saturated rings. The summed E-state index contributed by atoms with van der Waals surface area (Å²) in [4.78, 5) is 64.3. The minimum Gasteiger partial charge on any atom is -0.361 e. The van der Waals surface area contributed by atoms with Crippen molar-refractivity contribution in [3.8, 4) is 11.4 Å². The molecule has 0 radical (unpaired) electrons. The molecule has 1 N–H and O–H groups in total. The van der Waals surface area contributed by atoms with E-state index < -0.39 is 11.7 Å². The van der Waals surface area contributed by atoms with E-state index in [-0.39, 0.29) is 31.1 Å². The Morgan fingerprint density at radius 3 is 2.51 bits per heavy atom. The lowest BCUT2D eigenvalue weighted by molar-refractivity contribution is -0.125. The number of hydrogen-bond donors (Lipinski definition) is 1. The Balaban J connectivity index is 1.35. The molecule has 4 aromatic rings. The second-order valence-electron chi connectivity index (χ2n) is 8.73. The van der Waals surface area contributed by atoms with Crippen LogP contribution in [0.3, 0.4) is 0 Å². The Morgan fingerprint density at radius 1 is 1.00 bits per heavy atom. The zero-order valence-electron chi connectivity index (χ0n) is 20.4. The second kappa shape index (κ2) is 9.61. The molecule has 0 bridgehead atoms. The summed E-state index contributed by atoms with van der Waals surface area (Å²) in [5.41, 5.74) is 2.54. The summed E-state index contributed by atoms with van der Waals surface area (Å²) in [6.07, 6.45) is 7.86. The third-order valence-corrected chi connectivity index (χ3v) is 6.14. The molecule has 0 unspecified atom stereocenters. The van der Waals surface area contributed by atoms with Gasteiger partial charge in [0.05, 0.1) is 30.0 Å². The fourth-order valence-corrected chi connectivity index (χ4v) is 4.18. The number of aromatic nitrogens is 5. The Kier molecular flexibility index (Phi) is 6.18. The third-order valence-electron chi connectivity index (χ3n) is 6.14. The van der Waals surface area contributed by atoms with Crippen LogP contribution in [0.15, 0.2) is 67.5 Å². The first kappa shape index (κ1) is 23.8. The number of Topliss-reactive ketones (excluding diaryl/α,β-unsaturated/α-hetero) is 1. The minimum absolute atomic E-state index is 0.123. The molecule has 37 heavy (non-hydrogen) atoms. The molecule has 0 saturated carbocycles. The van der Waals surface area contributed by atoms with Gasteiger partial charge in [0.25, 0.3) is 17.6 Å². The van der Waals surface area contributed by atoms with Crippen molar-refractivity contribution in [2.24, 2.45) is 0 Å². The topological polar surface area (TPSA) is 128 Å². The molecular weight excluding hydrogens is 472 g/mol. The Hall–Kier alpha value is -4.93. The first-order chi connectivity index (χ1) is 17.8. The Bertz CT molecular complexity index is 1510. The number of aromatic amines is 1. The zero-order valence-corrected chi connectivity index (χ0v) is 20.4. The maximum Gasteiger partial charge on any atom is 0.299 e. The Morgan fingerprint density at radius 2 is 1.84 bits per heavy atom. The van der Waals surface area contributed by atoms with E-state index in [9.17, 15) is 14.4 Å². The number of nitrogens with zero attached hydrogens (tertiary/aromatic N) is 7. The molecule has 0 aliphatic carbocycles. The minimum atomic E-state index is -0.704. The van der Waals surface area contributed by atoms with Gasteiger partial charge in [0.2, 0.25) is 0 Å². The summed E-state index contributed by atoms with van der Waals surface area (Å²) in [5, 5.41) is 0.552. The first-order valence-electron chi connectivity index (χ1n) is 11.5. The molecule has 0 aromatic carbocycles. The van der Waals surface area contributed by atoms with Crippen LogP contribution in [-0.2, 0) is 4.79 Å². The molecule has 2 amide bonds. The van der Waals surface area contributed by atoms with Crippen LogP contribution in [0.25, 0.3) is 22.3 Å². The molecule has 1 aliphatic heterocycles. The van der Waals surface area contributed by atoms with Crippen LogP contribution in [0, 0.1) is 0 Å². The van der Waals surface area contributed by atoms with Gasteiger partial charge in [0, 0.05) is 56.9 Å². The van der Waals surface area contributed by atoms with Crippen LogP contribution in [0.1, 0.15) is 20.8 Å². The standard InChI is InChI=1S/C26H24N8O3/c1-16-15-33(25(36)19-6-4-5-8-27-19)10-11-34(16)26(37)24(35)18-12-31-22-17(18)7-9-28-23(22)20-13-30-21(14-29-20)32(2)3/h4-9,12-14,31H,1,10-11,15H2,2-3H3. The van der Waals surface area contributed by atoms with E-state index in [1.54, 1.807) is 54.0 Å². The number of anilines is 1. The summed E-state index contributed by atoms with van der Waals surface area (Å²) < 4.78 is 0. The van der Waals surface area contributed by atoms with Crippen LogP contribution in [0.4, 0.5) is 5.82 Å². The number of carbonyl (C=O) groups excluding carboxylic acids is 3. The molecular formula is C26H24N8O3.